The number of alkyl halides is 3. The van der Waals surface area contributed by atoms with Crippen molar-refractivity contribution in [3.63, 3.8) is 0 Å². The molecule has 0 saturated carbocycles. The van der Waals surface area contributed by atoms with Crippen LogP contribution in [0.15, 0.2) is 18.3 Å². The van der Waals surface area contributed by atoms with Crippen LogP contribution in [-0.2, 0) is 6.18 Å². The highest BCUT2D eigenvalue weighted by Gasteiger charge is 2.30. The van der Waals surface area contributed by atoms with Gasteiger partial charge in [-0.1, -0.05) is 13.8 Å². The maximum absolute atomic E-state index is 12.3. The Morgan fingerprint density at radius 3 is 2.56 bits per heavy atom. The lowest BCUT2D eigenvalue weighted by atomic mass is 10.3. The second-order valence-electron chi connectivity index (χ2n) is 4.19. The van der Waals surface area contributed by atoms with Crippen molar-refractivity contribution in [3.05, 3.63) is 23.9 Å². The summed E-state index contributed by atoms with van der Waals surface area (Å²) in [6, 6.07) is 2.61. The number of pyridine rings is 1. The van der Waals surface area contributed by atoms with Crippen molar-refractivity contribution < 1.29 is 17.9 Å². The van der Waals surface area contributed by atoms with Gasteiger partial charge in [0, 0.05) is 18.3 Å². The van der Waals surface area contributed by atoms with Gasteiger partial charge in [0.15, 0.2) is 0 Å². The predicted octanol–water partition coefficient (Wildman–Crippen LogP) is 2.87. The van der Waals surface area contributed by atoms with E-state index in [0.29, 0.717) is 12.6 Å². The molecule has 0 saturated heterocycles. The third-order valence-electron chi connectivity index (χ3n) is 2.19. The van der Waals surface area contributed by atoms with Gasteiger partial charge in [-0.3, -0.25) is 0 Å². The van der Waals surface area contributed by atoms with Crippen molar-refractivity contribution in [2.75, 3.05) is 13.2 Å². The van der Waals surface area contributed by atoms with Crippen molar-refractivity contribution >= 4 is 0 Å². The number of nitrogens with zero attached hydrogens (tertiary/aromatic N) is 1. The molecule has 0 unspecified atom stereocenters. The lowest BCUT2D eigenvalue weighted by molar-refractivity contribution is -0.137. The molecule has 0 fully saturated rings. The summed E-state index contributed by atoms with van der Waals surface area (Å²) in [6.07, 6.45) is -2.80. The average molecular weight is 262 g/mol. The van der Waals surface area contributed by atoms with Crippen LogP contribution in [0, 0.1) is 0 Å². The van der Waals surface area contributed by atoms with Gasteiger partial charge in [-0.05, 0) is 19.0 Å². The molecule has 1 heterocycles. The number of rotatable bonds is 6. The van der Waals surface area contributed by atoms with Gasteiger partial charge in [0.05, 0.1) is 12.2 Å². The van der Waals surface area contributed by atoms with E-state index < -0.39 is 11.7 Å². The molecule has 102 valence electrons. The van der Waals surface area contributed by atoms with Crippen LogP contribution in [0.4, 0.5) is 13.2 Å². The topological polar surface area (TPSA) is 34.1 Å². The summed E-state index contributed by atoms with van der Waals surface area (Å²) in [6.45, 7) is 5.31. The Hall–Kier alpha value is -1.30. The summed E-state index contributed by atoms with van der Waals surface area (Å²) in [5.74, 6) is 0.215. The van der Waals surface area contributed by atoms with Crippen molar-refractivity contribution in [1.29, 1.82) is 0 Å². The van der Waals surface area contributed by atoms with Gasteiger partial charge >= 0.3 is 6.18 Å². The minimum Gasteiger partial charge on any atom is -0.478 e. The van der Waals surface area contributed by atoms with Crippen LogP contribution in [0.5, 0.6) is 5.88 Å². The Labute approximate surface area is 104 Å². The van der Waals surface area contributed by atoms with Gasteiger partial charge in [-0.2, -0.15) is 13.2 Å². The van der Waals surface area contributed by atoms with Crippen LogP contribution in [0.1, 0.15) is 25.8 Å². The van der Waals surface area contributed by atoms with Gasteiger partial charge in [0.2, 0.25) is 5.88 Å². The Morgan fingerprint density at radius 2 is 2.06 bits per heavy atom. The molecule has 0 aliphatic heterocycles. The van der Waals surface area contributed by atoms with Crippen LogP contribution < -0.4 is 10.1 Å². The fourth-order valence-electron chi connectivity index (χ4n) is 1.27. The quantitative estimate of drug-likeness (QED) is 0.800. The Morgan fingerprint density at radius 1 is 1.33 bits per heavy atom. The molecule has 6 heteroatoms. The zero-order valence-corrected chi connectivity index (χ0v) is 10.4. The summed E-state index contributed by atoms with van der Waals surface area (Å²) in [5.41, 5.74) is -0.767. The number of hydrogen-bond donors (Lipinski definition) is 1. The van der Waals surface area contributed by atoms with E-state index in [-0.39, 0.29) is 5.88 Å². The summed E-state index contributed by atoms with van der Waals surface area (Å²) in [4.78, 5) is 3.62. The number of ether oxygens (including phenoxy) is 1. The summed E-state index contributed by atoms with van der Waals surface area (Å²) in [5, 5.41) is 3.21. The van der Waals surface area contributed by atoms with Gasteiger partial charge in [-0.25, -0.2) is 4.98 Å². The molecule has 0 aliphatic rings. The Bertz CT molecular complexity index is 349. The van der Waals surface area contributed by atoms with Crippen molar-refractivity contribution in [2.45, 2.75) is 32.5 Å². The molecule has 1 rings (SSSR count). The minimum absolute atomic E-state index is 0.215. The Kier molecular flexibility index (Phi) is 5.40. The molecule has 0 spiro atoms. The van der Waals surface area contributed by atoms with Crippen LogP contribution in [0.25, 0.3) is 0 Å². The molecule has 1 N–H and O–H groups in total. The molecular formula is C12H17F3N2O. The number of nitrogens with one attached hydrogen (secondary N) is 1. The van der Waals surface area contributed by atoms with Crippen molar-refractivity contribution in [3.8, 4) is 5.88 Å². The van der Waals surface area contributed by atoms with E-state index in [2.05, 4.69) is 10.3 Å². The molecule has 0 aliphatic carbocycles. The van der Waals surface area contributed by atoms with Gasteiger partial charge in [0.25, 0.3) is 0 Å². The van der Waals surface area contributed by atoms with Crippen LogP contribution in [0.3, 0.4) is 0 Å². The maximum Gasteiger partial charge on any atom is 0.417 e. The Balaban J connectivity index is 2.31. The fraction of sp³-hybridized carbons (Fsp3) is 0.583. The van der Waals surface area contributed by atoms with Crippen LogP contribution in [-0.4, -0.2) is 24.2 Å². The first-order valence-electron chi connectivity index (χ1n) is 5.79. The lowest BCUT2D eigenvalue weighted by Crippen LogP contribution is -2.24. The number of aromatic nitrogens is 1. The summed E-state index contributed by atoms with van der Waals surface area (Å²) >= 11 is 0. The summed E-state index contributed by atoms with van der Waals surface area (Å²) < 4.78 is 42.0. The van der Waals surface area contributed by atoms with Crippen LogP contribution >= 0.6 is 0 Å². The first kappa shape index (κ1) is 14.8. The molecular weight excluding hydrogens is 245 g/mol. The average Bonchev–Trinajstić information content (AvgIpc) is 2.27. The van der Waals surface area contributed by atoms with E-state index in [1.54, 1.807) is 0 Å². The molecule has 0 radical (unpaired) electrons. The molecule has 0 bridgehead atoms. The molecule has 1 aromatic rings. The smallest absolute Gasteiger partial charge is 0.417 e. The molecule has 0 atom stereocenters. The highest BCUT2D eigenvalue weighted by Crippen LogP contribution is 2.29. The SMILES string of the molecule is CC(C)NCCCOc1ccc(C(F)(F)F)cn1. The fourth-order valence-corrected chi connectivity index (χ4v) is 1.27. The maximum atomic E-state index is 12.3. The third kappa shape index (κ3) is 5.35. The van der Waals surface area contributed by atoms with Gasteiger partial charge in [-0.15, -0.1) is 0 Å². The highest BCUT2D eigenvalue weighted by molar-refractivity contribution is 5.19. The van der Waals surface area contributed by atoms with Crippen LogP contribution in [0.2, 0.25) is 0 Å². The minimum atomic E-state index is -4.35. The van der Waals surface area contributed by atoms with Crippen molar-refractivity contribution in [2.24, 2.45) is 0 Å². The highest BCUT2D eigenvalue weighted by atomic mass is 19.4. The molecule has 0 amide bonds. The van der Waals surface area contributed by atoms with Gasteiger partial charge < -0.3 is 10.1 Å². The number of halogens is 3. The molecule has 0 aromatic carbocycles. The predicted molar refractivity (Wildman–Crippen MR) is 62.5 cm³/mol. The largest absolute Gasteiger partial charge is 0.478 e. The number of hydrogen-bond acceptors (Lipinski definition) is 3. The molecule has 1 aromatic heterocycles. The standard InChI is InChI=1S/C12H17F3N2O/c1-9(2)16-6-3-7-18-11-5-4-10(8-17-11)12(13,14)15/h4-5,8-9,16H,3,6-7H2,1-2H3. The zero-order valence-electron chi connectivity index (χ0n) is 10.4. The normalized spacial score (nSPS) is 11.9. The first-order chi connectivity index (χ1) is 8.39. The van der Waals surface area contributed by atoms with E-state index in [1.807, 2.05) is 13.8 Å². The second-order valence-corrected chi connectivity index (χ2v) is 4.19. The van der Waals surface area contributed by atoms with E-state index in [0.717, 1.165) is 25.2 Å². The molecule has 18 heavy (non-hydrogen) atoms. The van der Waals surface area contributed by atoms with Gasteiger partial charge in [0.1, 0.15) is 0 Å². The van der Waals surface area contributed by atoms with E-state index in [1.165, 1.54) is 6.07 Å². The third-order valence-corrected chi connectivity index (χ3v) is 2.19. The summed E-state index contributed by atoms with van der Waals surface area (Å²) in [7, 11) is 0. The van der Waals surface area contributed by atoms with E-state index >= 15 is 0 Å². The van der Waals surface area contributed by atoms with E-state index in [4.69, 9.17) is 4.74 Å². The van der Waals surface area contributed by atoms with Crippen molar-refractivity contribution in [1.82, 2.24) is 10.3 Å². The lowest BCUT2D eigenvalue weighted by Gasteiger charge is -2.09. The zero-order chi connectivity index (χ0) is 13.6. The monoisotopic (exact) mass is 262 g/mol. The van der Waals surface area contributed by atoms with E-state index in [9.17, 15) is 13.2 Å². The molecule has 3 nitrogen and oxygen atoms in total. The second kappa shape index (κ2) is 6.58. The first-order valence-corrected chi connectivity index (χ1v) is 5.79.